The van der Waals surface area contributed by atoms with E-state index in [9.17, 15) is 14.4 Å². The molecule has 20 heavy (non-hydrogen) atoms. The van der Waals surface area contributed by atoms with Gasteiger partial charge < -0.3 is 9.47 Å². The van der Waals surface area contributed by atoms with E-state index in [4.69, 9.17) is 9.47 Å². The Kier molecular flexibility index (Phi) is 3.54. The largest absolute Gasteiger partial charge is 0.468 e. The zero-order valence-corrected chi connectivity index (χ0v) is 12.1. The van der Waals surface area contributed by atoms with Gasteiger partial charge in [-0.3, -0.25) is 14.4 Å². The Hall–Kier alpha value is -1.91. The minimum atomic E-state index is -1.32. The lowest BCUT2D eigenvalue weighted by Gasteiger charge is -2.23. The van der Waals surface area contributed by atoms with Crippen molar-refractivity contribution in [2.24, 2.45) is 11.3 Å². The van der Waals surface area contributed by atoms with Crippen LogP contribution in [0.5, 0.6) is 0 Å². The molecule has 2 aliphatic carbocycles. The number of allylic oxidation sites excluding steroid dienone is 4. The molecule has 108 valence electrons. The van der Waals surface area contributed by atoms with Crippen LogP contribution in [0.2, 0.25) is 0 Å². The average Bonchev–Trinajstić information content (AvgIpc) is 2.90. The van der Waals surface area contributed by atoms with Crippen molar-refractivity contribution < 1.29 is 23.9 Å². The zero-order chi connectivity index (χ0) is 15.1. The molecule has 0 N–H and O–H groups in total. The molecule has 0 saturated heterocycles. The lowest BCUT2D eigenvalue weighted by molar-refractivity contribution is -0.168. The first-order chi connectivity index (χ1) is 9.37. The van der Waals surface area contributed by atoms with Crippen LogP contribution < -0.4 is 0 Å². The predicted octanol–water partition coefficient (Wildman–Crippen LogP) is 1.57. The number of hydrogen-bond acceptors (Lipinski definition) is 5. The number of carbonyl (C=O) groups excluding carboxylic acids is 3. The van der Waals surface area contributed by atoms with Gasteiger partial charge in [0.15, 0.2) is 11.2 Å². The maximum absolute atomic E-state index is 12.1. The van der Waals surface area contributed by atoms with E-state index in [0.717, 1.165) is 11.1 Å². The van der Waals surface area contributed by atoms with Crippen molar-refractivity contribution in [2.45, 2.75) is 26.7 Å². The van der Waals surface area contributed by atoms with Crippen LogP contribution in [0.1, 0.15) is 26.7 Å². The zero-order valence-electron chi connectivity index (χ0n) is 12.1. The van der Waals surface area contributed by atoms with Gasteiger partial charge in [0.1, 0.15) is 0 Å². The number of methoxy groups -OCH3 is 2. The van der Waals surface area contributed by atoms with Gasteiger partial charge in [0.2, 0.25) is 0 Å². The molecule has 0 heterocycles. The molecule has 0 amide bonds. The number of carbonyl (C=O) groups is 3. The normalized spacial score (nSPS) is 23.2. The number of hydrogen-bond donors (Lipinski definition) is 0. The van der Waals surface area contributed by atoms with E-state index in [1.54, 1.807) is 6.08 Å². The molecule has 2 aliphatic rings. The van der Waals surface area contributed by atoms with Gasteiger partial charge in [0, 0.05) is 11.5 Å². The first-order valence-corrected chi connectivity index (χ1v) is 6.46. The van der Waals surface area contributed by atoms with Crippen molar-refractivity contribution in [1.29, 1.82) is 0 Å². The van der Waals surface area contributed by atoms with Gasteiger partial charge in [-0.1, -0.05) is 11.1 Å². The maximum Gasteiger partial charge on any atom is 0.323 e. The summed E-state index contributed by atoms with van der Waals surface area (Å²) in [6.07, 6.45) is 1.98. The summed E-state index contributed by atoms with van der Waals surface area (Å²) >= 11 is 0. The van der Waals surface area contributed by atoms with Crippen LogP contribution in [0.25, 0.3) is 0 Å². The molecule has 0 spiro atoms. The van der Waals surface area contributed by atoms with E-state index < -0.39 is 17.4 Å². The summed E-state index contributed by atoms with van der Waals surface area (Å²) < 4.78 is 9.56. The first kappa shape index (κ1) is 14.5. The highest BCUT2D eigenvalue weighted by molar-refractivity contribution is 6.10. The summed E-state index contributed by atoms with van der Waals surface area (Å²) in [6, 6.07) is 0. The van der Waals surface area contributed by atoms with Crippen LogP contribution >= 0.6 is 0 Å². The standard InChI is InChI=1S/C15H18O5/c1-8(2)12-10-7-15(13(17)19-3,14(18)20-4)6-9(10)5-11(12)16/h5,10H,6-7H2,1-4H3. The molecule has 0 aliphatic heterocycles. The second-order valence-corrected chi connectivity index (χ2v) is 5.50. The Balaban J connectivity index is 2.46. The van der Waals surface area contributed by atoms with Gasteiger partial charge >= 0.3 is 11.9 Å². The smallest absolute Gasteiger partial charge is 0.323 e. The Morgan fingerprint density at radius 3 is 2.20 bits per heavy atom. The molecule has 0 aromatic carbocycles. The lowest BCUT2D eigenvalue weighted by Crippen LogP contribution is -2.39. The molecular formula is C15H18O5. The molecule has 0 bridgehead atoms. The molecule has 1 atom stereocenters. The highest BCUT2D eigenvalue weighted by Gasteiger charge is 2.58. The third-order valence-electron chi connectivity index (χ3n) is 4.13. The topological polar surface area (TPSA) is 69.7 Å². The summed E-state index contributed by atoms with van der Waals surface area (Å²) in [5.41, 5.74) is 1.11. The monoisotopic (exact) mass is 278 g/mol. The number of fused-ring (bicyclic) bond motifs is 1. The van der Waals surface area contributed by atoms with Gasteiger partial charge in [-0.2, -0.15) is 0 Å². The van der Waals surface area contributed by atoms with Gasteiger partial charge in [-0.25, -0.2) is 0 Å². The molecule has 1 saturated carbocycles. The van der Waals surface area contributed by atoms with Crippen molar-refractivity contribution in [1.82, 2.24) is 0 Å². The summed E-state index contributed by atoms with van der Waals surface area (Å²) in [7, 11) is 2.50. The first-order valence-electron chi connectivity index (χ1n) is 6.46. The Morgan fingerprint density at radius 2 is 1.75 bits per heavy atom. The number of ether oxygens (including phenoxy) is 2. The summed E-state index contributed by atoms with van der Waals surface area (Å²) in [4.78, 5) is 36.1. The van der Waals surface area contributed by atoms with Gasteiger partial charge in [0.25, 0.3) is 0 Å². The van der Waals surface area contributed by atoms with Crippen molar-refractivity contribution in [2.75, 3.05) is 14.2 Å². The van der Waals surface area contributed by atoms with Crippen LogP contribution in [0.3, 0.4) is 0 Å². The molecule has 0 radical (unpaired) electrons. The highest BCUT2D eigenvalue weighted by Crippen LogP contribution is 2.53. The van der Waals surface area contributed by atoms with E-state index in [1.165, 1.54) is 14.2 Å². The molecule has 1 unspecified atom stereocenters. The van der Waals surface area contributed by atoms with Crippen LogP contribution in [0.4, 0.5) is 0 Å². The van der Waals surface area contributed by atoms with E-state index in [1.807, 2.05) is 13.8 Å². The van der Waals surface area contributed by atoms with Crippen LogP contribution in [-0.2, 0) is 23.9 Å². The minimum absolute atomic E-state index is 0.0201. The molecule has 0 aromatic rings. The Labute approximate surface area is 117 Å². The summed E-state index contributed by atoms with van der Waals surface area (Å²) in [5, 5.41) is 0. The molecule has 2 rings (SSSR count). The number of rotatable bonds is 2. The third kappa shape index (κ3) is 1.88. The minimum Gasteiger partial charge on any atom is -0.468 e. The quantitative estimate of drug-likeness (QED) is 0.435. The fourth-order valence-electron chi connectivity index (χ4n) is 3.26. The van der Waals surface area contributed by atoms with Gasteiger partial charge in [0.05, 0.1) is 14.2 Å². The van der Waals surface area contributed by atoms with E-state index in [0.29, 0.717) is 5.57 Å². The molecule has 5 nitrogen and oxygen atoms in total. The molecule has 1 fully saturated rings. The Bertz CT molecular complexity index is 533. The average molecular weight is 278 g/mol. The Morgan fingerprint density at radius 1 is 1.20 bits per heavy atom. The van der Waals surface area contributed by atoms with Crippen LogP contribution in [0, 0.1) is 11.3 Å². The SMILES string of the molecule is COC(=O)C1(C(=O)OC)CC2=CC(=O)C(=C(C)C)C2C1. The second kappa shape index (κ2) is 4.89. The van der Waals surface area contributed by atoms with Crippen LogP contribution in [-0.4, -0.2) is 31.9 Å². The highest BCUT2D eigenvalue weighted by atomic mass is 16.5. The predicted molar refractivity (Wildman–Crippen MR) is 70.7 cm³/mol. The summed E-state index contributed by atoms with van der Waals surface area (Å²) in [5.74, 6) is -1.39. The molecule has 0 aromatic heterocycles. The van der Waals surface area contributed by atoms with E-state index >= 15 is 0 Å². The summed E-state index contributed by atoms with van der Waals surface area (Å²) in [6.45, 7) is 3.72. The number of esters is 2. The second-order valence-electron chi connectivity index (χ2n) is 5.50. The third-order valence-corrected chi connectivity index (χ3v) is 4.13. The van der Waals surface area contributed by atoms with Crippen LogP contribution in [0.15, 0.2) is 22.8 Å². The van der Waals surface area contributed by atoms with Gasteiger partial charge in [-0.15, -0.1) is 0 Å². The molecule has 5 heteroatoms. The fraction of sp³-hybridized carbons (Fsp3) is 0.533. The fourth-order valence-corrected chi connectivity index (χ4v) is 3.26. The maximum atomic E-state index is 12.1. The van der Waals surface area contributed by atoms with Crippen molar-refractivity contribution in [3.05, 3.63) is 22.8 Å². The van der Waals surface area contributed by atoms with Crippen molar-refractivity contribution in [3.63, 3.8) is 0 Å². The molecular weight excluding hydrogens is 260 g/mol. The van der Waals surface area contributed by atoms with E-state index in [2.05, 4.69) is 0 Å². The van der Waals surface area contributed by atoms with Crippen molar-refractivity contribution in [3.8, 4) is 0 Å². The van der Waals surface area contributed by atoms with Crippen molar-refractivity contribution >= 4 is 17.7 Å². The lowest BCUT2D eigenvalue weighted by atomic mass is 9.83. The number of ketones is 1. The van der Waals surface area contributed by atoms with Gasteiger partial charge in [-0.05, 0) is 32.8 Å². The van der Waals surface area contributed by atoms with E-state index in [-0.39, 0.29) is 24.5 Å².